The van der Waals surface area contributed by atoms with Crippen molar-refractivity contribution in [1.29, 1.82) is 0 Å². The van der Waals surface area contributed by atoms with Crippen molar-refractivity contribution in [1.82, 2.24) is 4.31 Å². The molecule has 1 aromatic carbocycles. The number of methoxy groups -OCH3 is 1. The van der Waals surface area contributed by atoms with Crippen molar-refractivity contribution in [3.63, 3.8) is 0 Å². The third-order valence-electron chi connectivity index (χ3n) is 3.72. The van der Waals surface area contributed by atoms with Crippen LogP contribution in [0.4, 0.5) is 0 Å². The van der Waals surface area contributed by atoms with E-state index < -0.39 is 28.1 Å². The highest BCUT2D eigenvalue weighted by Gasteiger charge is 2.45. The molecule has 1 aliphatic heterocycles. The Balaban J connectivity index is 2.43. The van der Waals surface area contributed by atoms with Crippen molar-refractivity contribution in [3.05, 3.63) is 29.8 Å². The highest BCUT2D eigenvalue weighted by atomic mass is 32.2. The van der Waals surface area contributed by atoms with Crippen LogP contribution in [-0.2, 0) is 19.6 Å². The number of esters is 1. The van der Waals surface area contributed by atoms with Gasteiger partial charge in [-0.25, -0.2) is 8.42 Å². The zero-order chi connectivity index (χ0) is 15.6. The largest absolute Gasteiger partial charge is 0.468 e. The first-order valence-corrected chi connectivity index (χ1v) is 8.14. The Morgan fingerprint density at radius 2 is 1.95 bits per heavy atom. The molecule has 0 aliphatic carbocycles. The van der Waals surface area contributed by atoms with E-state index in [9.17, 15) is 18.3 Å². The van der Waals surface area contributed by atoms with E-state index in [4.69, 9.17) is 0 Å². The summed E-state index contributed by atoms with van der Waals surface area (Å²) in [4.78, 5) is 11.9. The summed E-state index contributed by atoms with van der Waals surface area (Å²) >= 11 is 0. The second-order valence-corrected chi connectivity index (χ2v) is 6.94. The van der Waals surface area contributed by atoms with Crippen molar-refractivity contribution in [3.8, 4) is 0 Å². The quantitative estimate of drug-likeness (QED) is 0.827. The van der Waals surface area contributed by atoms with Crippen LogP contribution < -0.4 is 0 Å². The molecule has 6 nitrogen and oxygen atoms in total. The number of aryl methyl sites for hydroxylation is 1. The molecule has 1 saturated heterocycles. The Morgan fingerprint density at radius 1 is 1.33 bits per heavy atom. The molecular formula is C14H19NO5S. The van der Waals surface area contributed by atoms with Crippen LogP contribution in [0.15, 0.2) is 29.2 Å². The summed E-state index contributed by atoms with van der Waals surface area (Å²) in [6, 6.07) is 4.94. The number of ether oxygens (including phenoxy) is 1. The van der Waals surface area contributed by atoms with Gasteiger partial charge in [-0.1, -0.05) is 17.7 Å². The number of nitrogens with zero attached hydrogens (tertiary/aromatic N) is 1. The Kier molecular flexibility index (Phi) is 4.65. The van der Waals surface area contributed by atoms with E-state index in [2.05, 4.69) is 4.74 Å². The zero-order valence-electron chi connectivity index (χ0n) is 12.0. The van der Waals surface area contributed by atoms with Gasteiger partial charge < -0.3 is 9.84 Å². The van der Waals surface area contributed by atoms with E-state index in [0.717, 1.165) is 9.87 Å². The van der Waals surface area contributed by atoms with E-state index in [1.807, 2.05) is 6.92 Å². The first-order chi connectivity index (χ1) is 9.91. The van der Waals surface area contributed by atoms with Gasteiger partial charge in [0.05, 0.1) is 18.6 Å². The maximum absolute atomic E-state index is 12.8. The third-order valence-corrected chi connectivity index (χ3v) is 5.70. The van der Waals surface area contributed by atoms with Crippen LogP contribution >= 0.6 is 0 Å². The molecule has 0 radical (unpaired) electrons. The van der Waals surface area contributed by atoms with Gasteiger partial charge in [0.15, 0.2) is 0 Å². The minimum Gasteiger partial charge on any atom is -0.468 e. The van der Waals surface area contributed by atoms with Gasteiger partial charge in [0.2, 0.25) is 10.0 Å². The third kappa shape index (κ3) is 2.95. The summed E-state index contributed by atoms with van der Waals surface area (Å²) in [6.45, 7) is 1.54. The van der Waals surface area contributed by atoms with Gasteiger partial charge in [-0.2, -0.15) is 4.31 Å². The van der Waals surface area contributed by atoms with Gasteiger partial charge in [0, 0.05) is 6.04 Å². The lowest BCUT2D eigenvalue weighted by molar-refractivity contribution is -0.144. The van der Waals surface area contributed by atoms with Crippen LogP contribution in [0.2, 0.25) is 0 Å². The highest BCUT2D eigenvalue weighted by Crippen LogP contribution is 2.31. The summed E-state index contributed by atoms with van der Waals surface area (Å²) in [5, 5.41) is 9.40. The molecule has 2 atom stereocenters. The zero-order valence-corrected chi connectivity index (χ0v) is 12.8. The van der Waals surface area contributed by atoms with E-state index in [-0.39, 0.29) is 11.5 Å². The smallest absolute Gasteiger partial charge is 0.324 e. The summed E-state index contributed by atoms with van der Waals surface area (Å²) in [5.41, 5.74) is 0.943. The Bertz CT molecular complexity index is 611. The SMILES string of the molecule is COC(=O)C1CC[C@@H](CO)N1S(=O)(=O)c1ccc(C)cc1. The molecule has 0 saturated carbocycles. The second kappa shape index (κ2) is 6.13. The number of sulfonamides is 1. The Hall–Kier alpha value is -1.44. The molecule has 0 aromatic heterocycles. The summed E-state index contributed by atoms with van der Waals surface area (Å²) in [5.74, 6) is -0.596. The van der Waals surface area contributed by atoms with Crippen LogP contribution in [0.25, 0.3) is 0 Å². The molecular weight excluding hydrogens is 294 g/mol. The van der Waals surface area contributed by atoms with E-state index in [1.165, 1.54) is 19.2 Å². The summed E-state index contributed by atoms with van der Waals surface area (Å²) in [6.07, 6.45) is 0.782. The fourth-order valence-corrected chi connectivity index (χ4v) is 4.40. The monoisotopic (exact) mass is 313 g/mol. The average molecular weight is 313 g/mol. The summed E-state index contributed by atoms with van der Waals surface area (Å²) < 4.78 is 31.3. The lowest BCUT2D eigenvalue weighted by Crippen LogP contribution is -2.46. The first kappa shape index (κ1) is 15.9. The Labute approximate surface area is 124 Å². The minimum atomic E-state index is -3.85. The molecule has 0 spiro atoms. The standard InChI is InChI=1S/C14H19NO5S/c1-10-3-6-12(7-4-10)21(18,19)15-11(9-16)5-8-13(15)14(17)20-2/h3-4,6-7,11,13,16H,5,8-9H2,1-2H3/t11-,13?/m0/s1. The summed E-state index contributed by atoms with van der Waals surface area (Å²) in [7, 11) is -2.62. The maximum Gasteiger partial charge on any atom is 0.324 e. The number of carbonyl (C=O) groups excluding carboxylic acids is 1. The molecule has 1 aliphatic rings. The number of aliphatic hydroxyl groups is 1. The van der Waals surface area contributed by atoms with Gasteiger partial charge >= 0.3 is 5.97 Å². The molecule has 2 rings (SSSR count). The first-order valence-electron chi connectivity index (χ1n) is 6.70. The van der Waals surface area contributed by atoms with Crippen LogP contribution in [0.3, 0.4) is 0 Å². The molecule has 0 amide bonds. The number of aliphatic hydroxyl groups excluding tert-OH is 1. The molecule has 1 fully saturated rings. The molecule has 116 valence electrons. The van der Waals surface area contributed by atoms with Crippen molar-refractivity contribution >= 4 is 16.0 Å². The van der Waals surface area contributed by atoms with Crippen LogP contribution in [-0.4, -0.2) is 49.6 Å². The van der Waals surface area contributed by atoms with Crippen LogP contribution in [0, 0.1) is 6.92 Å². The Morgan fingerprint density at radius 3 is 2.48 bits per heavy atom. The highest BCUT2D eigenvalue weighted by molar-refractivity contribution is 7.89. The topological polar surface area (TPSA) is 83.9 Å². The van der Waals surface area contributed by atoms with E-state index in [0.29, 0.717) is 12.8 Å². The fraction of sp³-hybridized carbons (Fsp3) is 0.500. The molecule has 1 heterocycles. The lowest BCUT2D eigenvalue weighted by Gasteiger charge is -2.27. The lowest BCUT2D eigenvalue weighted by atomic mass is 10.2. The molecule has 1 unspecified atom stereocenters. The van der Waals surface area contributed by atoms with Crippen molar-refractivity contribution in [2.24, 2.45) is 0 Å². The number of carbonyl (C=O) groups is 1. The maximum atomic E-state index is 12.8. The molecule has 7 heteroatoms. The predicted molar refractivity (Wildman–Crippen MR) is 76.1 cm³/mol. The fourth-order valence-electron chi connectivity index (χ4n) is 2.58. The molecule has 0 bridgehead atoms. The van der Waals surface area contributed by atoms with Crippen LogP contribution in [0.1, 0.15) is 18.4 Å². The van der Waals surface area contributed by atoms with Gasteiger partial charge in [-0.3, -0.25) is 4.79 Å². The predicted octanol–water partition coefficient (Wildman–Crippen LogP) is 0.682. The normalized spacial score (nSPS) is 23.2. The second-order valence-electron chi connectivity index (χ2n) is 5.10. The molecule has 1 N–H and O–H groups in total. The number of hydrogen-bond acceptors (Lipinski definition) is 5. The minimum absolute atomic E-state index is 0.113. The van der Waals surface area contributed by atoms with Gasteiger partial charge in [-0.15, -0.1) is 0 Å². The van der Waals surface area contributed by atoms with Gasteiger partial charge in [-0.05, 0) is 31.9 Å². The van der Waals surface area contributed by atoms with Crippen LogP contribution in [0.5, 0.6) is 0 Å². The number of rotatable bonds is 4. The average Bonchev–Trinajstić information content (AvgIpc) is 2.91. The van der Waals surface area contributed by atoms with E-state index >= 15 is 0 Å². The van der Waals surface area contributed by atoms with Crippen molar-refractivity contribution in [2.45, 2.75) is 36.7 Å². The number of hydrogen-bond donors (Lipinski definition) is 1. The number of benzene rings is 1. The van der Waals surface area contributed by atoms with Crippen molar-refractivity contribution < 1.29 is 23.1 Å². The van der Waals surface area contributed by atoms with Gasteiger partial charge in [0.25, 0.3) is 0 Å². The van der Waals surface area contributed by atoms with E-state index in [1.54, 1.807) is 12.1 Å². The molecule has 21 heavy (non-hydrogen) atoms. The van der Waals surface area contributed by atoms with Gasteiger partial charge in [0.1, 0.15) is 6.04 Å². The molecule has 1 aromatic rings. The van der Waals surface area contributed by atoms with Crippen molar-refractivity contribution in [2.75, 3.05) is 13.7 Å².